The van der Waals surface area contributed by atoms with Gasteiger partial charge in [-0.2, -0.15) is 0 Å². The van der Waals surface area contributed by atoms with Crippen molar-refractivity contribution in [1.29, 1.82) is 0 Å². The van der Waals surface area contributed by atoms with Gasteiger partial charge in [0.15, 0.2) is 6.10 Å². The Kier molecular flexibility index (Phi) is 7.82. The Morgan fingerprint density at radius 3 is 2.55 bits per heavy atom. The summed E-state index contributed by atoms with van der Waals surface area (Å²) in [6.07, 6.45) is 2.19. The van der Waals surface area contributed by atoms with Gasteiger partial charge in [-0.1, -0.05) is 27.2 Å². The average Bonchev–Trinajstić information content (AvgIpc) is 2.64. The minimum absolute atomic E-state index is 0.123. The molecule has 2 N–H and O–H groups in total. The van der Waals surface area contributed by atoms with Gasteiger partial charge in [-0.15, -0.1) is 0 Å². The summed E-state index contributed by atoms with van der Waals surface area (Å²) >= 11 is 0. The Balaban J connectivity index is 2.15. The molecule has 1 heterocycles. The number of benzene rings is 1. The van der Waals surface area contributed by atoms with Gasteiger partial charge in [0, 0.05) is 17.5 Å². The van der Waals surface area contributed by atoms with E-state index in [-0.39, 0.29) is 5.92 Å². The van der Waals surface area contributed by atoms with Crippen molar-refractivity contribution in [3.05, 3.63) is 40.2 Å². The first-order valence-electron chi connectivity index (χ1n) is 9.97. The molecule has 1 aromatic carbocycles. The van der Waals surface area contributed by atoms with Crippen LogP contribution >= 0.6 is 0 Å². The first kappa shape index (κ1) is 22.5. The number of nitrogens with one attached hydrogen (secondary N) is 1. The number of ether oxygens (including phenoxy) is 1. The maximum Gasteiger partial charge on any atom is 0.336 e. The third kappa shape index (κ3) is 6.34. The van der Waals surface area contributed by atoms with Gasteiger partial charge in [-0.3, -0.25) is 4.79 Å². The van der Waals surface area contributed by atoms with Crippen LogP contribution in [0.4, 0.5) is 0 Å². The van der Waals surface area contributed by atoms with Crippen LogP contribution in [0.25, 0.3) is 11.0 Å². The van der Waals surface area contributed by atoms with E-state index in [2.05, 4.69) is 12.2 Å². The molecule has 0 aliphatic heterocycles. The summed E-state index contributed by atoms with van der Waals surface area (Å²) in [5, 5.41) is 12.6. The fourth-order valence-corrected chi connectivity index (χ4v) is 3.10. The summed E-state index contributed by atoms with van der Waals surface area (Å²) in [4.78, 5) is 35.6. The summed E-state index contributed by atoms with van der Waals surface area (Å²) in [7, 11) is 0. The Bertz CT molecular complexity index is 917. The number of hydrogen-bond acceptors (Lipinski definition) is 5. The summed E-state index contributed by atoms with van der Waals surface area (Å²) in [5.74, 6) is -1.10. The van der Waals surface area contributed by atoms with Crippen LogP contribution in [0, 0.1) is 5.92 Å². The van der Waals surface area contributed by atoms with E-state index in [1.165, 1.54) is 6.07 Å². The highest BCUT2D eigenvalue weighted by Gasteiger charge is 2.24. The van der Waals surface area contributed by atoms with Crippen LogP contribution in [-0.4, -0.2) is 29.1 Å². The molecule has 0 saturated carbocycles. The summed E-state index contributed by atoms with van der Waals surface area (Å²) < 4.78 is 11.0. The van der Waals surface area contributed by atoms with Gasteiger partial charge in [0.25, 0.3) is 5.91 Å². The number of rotatable bonds is 10. The number of hydrogen-bond donors (Lipinski definition) is 2. The van der Waals surface area contributed by atoms with Crippen molar-refractivity contribution in [3.8, 4) is 5.75 Å². The summed E-state index contributed by atoms with van der Waals surface area (Å²) in [6, 6.07) is 5.64. The molecule has 0 bridgehead atoms. The maximum absolute atomic E-state index is 12.4. The first-order chi connectivity index (χ1) is 13.7. The number of amides is 1. The number of carboxylic acids is 1. The molecule has 0 aliphatic carbocycles. The highest BCUT2D eigenvalue weighted by Crippen LogP contribution is 2.24. The van der Waals surface area contributed by atoms with Crippen molar-refractivity contribution < 1.29 is 23.8 Å². The smallest absolute Gasteiger partial charge is 0.336 e. The van der Waals surface area contributed by atoms with E-state index in [1.54, 1.807) is 19.1 Å². The van der Waals surface area contributed by atoms with Crippen molar-refractivity contribution in [2.24, 2.45) is 5.92 Å². The number of aryl methyl sites for hydroxylation is 1. The van der Waals surface area contributed by atoms with E-state index >= 15 is 0 Å². The average molecular weight is 403 g/mol. The second-order valence-electron chi connectivity index (χ2n) is 7.64. The molecule has 2 aromatic rings. The molecule has 2 rings (SSSR count). The molecule has 0 fully saturated rings. The predicted molar refractivity (Wildman–Crippen MR) is 110 cm³/mol. The zero-order valence-electron chi connectivity index (χ0n) is 17.4. The van der Waals surface area contributed by atoms with Gasteiger partial charge in [-0.25, -0.2) is 9.59 Å². The minimum atomic E-state index is -1.08. The van der Waals surface area contributed by atoms with E-state index < -0.39 is 29.6 Å². The normalized spacial score (nSPS) is 13.3. The fraction of sp³-hybridized carbons (Fsp3) is 0.500. The van der Waals surface area contributed by atoms with E-state index in [9.17, 15) is 19.5 Å². The zero-order valence-corrected chi connectivity index (χ0v) is 17.4. The van der Waals surface area contributed by atoms with E-state index in [1.807, 2.05) is 19.9 Å². The molecule has 1 aromatic heterocycles. The molecule has 158 valence electrons. The topological polar surface area (TPSA) is 106 Å². The number of aliphatic carboxylic acids is 1. The lowest BCUT2D eigenvalue weighted by atomic mass is 10.0. The van der Waals surface area contributed by atoms with Gasteiger partial charge < -0.3 is 19.6 Å². The standard InChI is InChI=1S/C22H29NO6/c1-5-6-7-15-11-20(24)29-19-12-16(8-9-17(15)19)28-14(4)21(25)23-18(22(26)27)10-13(2)3/h8-9,11-14,18H,5-7,10H2,1-4H3,(H,23,25)(H,26,27)/t14-,18+/m1/s1. The lowest BCUT2D eigenvalue weighted by Gasteiger charge is -2.20. The second kappa shape index (κ2) is 10.1. The fourth-order valence-electron chi connectivity index (χ4n) is 3.10. The Morgan fingerprint density at radius 1 is 1.21 bits per heavy atom. The second-order valence-corrected chi connectivity index (χ2v) is 7.64. The third-order valence-corrected chi connectivity index (χ3v) is 4.61. The van der Waals surface area contributed by atoms with Gasteiger partial charge in [0.05, 0.1) is 0 Å². The molecule has 0 spiro atoms. The molecule has 0 radical (unpaired) electrons. The number of fused-ring (bicyclic) bond motifs is 1. The highest BCUT2D eigenvalue weighted by atomic mass is 16.5. The van der Waals surface area contributed by atoms with Crippen molar-refractivity contribution in [2.75, 3.05) is 0 Å². The Hall–Kier alpha value is -2.83. The van der Waals surface area contributed by atoms with Crippen LogP contribution in [-0.2, 0) is 16.0 Å². The first-order valence-corrected chi connectivity index (χ1v) is 9.97. The quantitative estimate of drug-likeness (QED) is 0.588. The number of carboxylic acid groups (broad SMARTS) is 1. The molecule has 0 saturated heterocycles. The van der Waals surface area contributed by atoms with Crippen molar-refractivity contribution in [2.45, 2.75) is 65.5 Å². The SMILES string of the molecule is CCCCc1cc(=O)oc2cc(O[C@H](C)C(=O)N[C@@H](CC(C)C)C(=O)O)ccc12. The van der Waals surface area contributed by atoms with Crippen LogP contribution in [0.1, 0.15) is 52.5 Å². The van der Waals surface area contributed by atoms with Crippen LogP contribution in [0.15, 0.2) is 33.5 Å². The van der Waals surface area contributed by atoms with Crippen LogP contribution < -0.4 is 15.7 Å². The van der Waals surface area contributed by atoms with Gasteiger partial charge in [-0.05, 0) is 49.8 Å². The molecule has 0 unspecified atom stereocenters. The van der Waals surface area contributed by atoms with Gasteiger partial charge >= 0.3 is 11.6 Å². The van der Waals surface area contributed by atoms with Gasteiger partial charge in [0.1, 0.15) is 17.4 Å². The highest BCUT2D eigenvalue weighted by molar-refractivity contribution is 5.86. The molecule has 7 heteroatoms. The summed E-state index contributed by atoms with van der Waals surface area (Å²) in [6.45, 7) is 7.41. The van der Waals surface area contributed by atoms with E-state index in [0.29, 0.717) is 17.8 Å². The summed E-state index contributed by atoms with van der Waals surface area (Å²) in [5.41, 5.74) is 0.898. The molecule has 0 aliphatic rings. The van der Waals surface area contributed by atoms with Crippen LogP contribution in [0.2, 0.25) is 0 Å². The largest absolute Gasteiger partial charge is 0.481 e. The van der Waals surface area contributed by atoms with Crippen molar-refractivity contribution in [1.82, 2.24) is 5.32 Å². The van der Waals surface area contributed by atoms with E-state index in [4.69, 9.17) is 9.15 Å². The van der Waals surface area contributed by atoms with Crippen molar-refractivity contribution in [3.63, 3.8) is 0 Å². The molecule has 29 heavy (non-hydrogen) atoms. The molecular weight excluding hydrogens is 374 g/mol. The maximum atomic E-state index is 12.4. The monoisotopic (exact) mass is 403 g/mol. The number of carbonyl (C=O) groups is 2. The molecule has 1 amide bonds. The molecule has 2 atom stereocenters. The predicted octanol–water partition coefficient (Wildman–Crippen LogP) is 3.52. The lowest BCUT2D eigenvalue weighted by Crippen LogP contribution is -2.46. The zero-order chi connectivity index (χ0) is 21.6. The molecule has 7 nitrogen and oxygen atoms in total. The van der Waals surface area contributed by atoms with Crippen LogP contribution in [0.5, 0.6) is 5.75 Å². The lowest BCUT2D eigenvalue weighted by molar-refractivity contribution is -0.143. The molecular formula is C22H29NO6. The Labute approximate surface area is 170 Å². The number of carbonyl (C=O) groups excluding carboxylic acids is 1. The van der Waals surface area contributed by atoms with Crippen LogP contribution in [0.3, 0.4) is 0 Å². The number of unbranched alkanes of at least 4 members (excludes halogenated alkanes) is 1. The minimum Gasteiger partial charge on any atom is -0.481 e. The third-order valence-electron chi connectivity index (χ3n) is 4.61. The van der Waals surface area contributed by atoms with Crippen molar-refractivity contribution >= 4 is 22.8 Å². The van der Waals surface area contributed by atoms with Gasteiger partial charge in [0.2, 0.25) is 0 Å². The van der Waals surface area contributed by atoms with E-state index in [0.717, 1.165) is 30.2 Å². The Morgan fingerprint density at radius 2 is 1.93 bits per heavy atom.